The molecule has 2 aromatic rings. The average molecular weight is 368 g/mol. The van der Waals surface area contributed by atoms with Gasteiger partial charge in [0.1, 0.15) is 17.4 Å². The number of halogens is 5. The van der Waals surface area contributed by atoms with Crippen LogP contribution in [0.15, 0.2) is 29.2 Å². The predicted molar refractivity (Wildman–Crippen MR) is 80.1 cm³/mol. The molecular formula is C13H10Cl2F3N3O2. The van der Waals surface area contributed by atoms with Crippen molar-refractivity contribution in [2.45, 2.75) is 12.7 Å². The van der Waals surface area contributed by atoms with Gasteiger partial charge in [-0.3, -0.25) is 9.59 Å². The van der Waals surface area contributed by atoms with Gasteiger partial charge in [-0.25, -0.2) is 0 Å². The number of carbonyl (C=O) groups excluding carboxylic acids is 1. The van der Waals surface area contributed by atoms with E-state index in [0.717, 1.165) is 12.3 Å². The monoisotopic (exact) mass is 367 g/mol. The molecule has 0 unspecified atom stereocenters. The zero-order valence-corrected chi connectivity index (χ0v) is 13.1. The summed E-state index contributed by atoms with van der Waals surface area (Å²) >= 11 is 11.6. The van der Waals surface area contributed by atoms with E-state index >= 15 is 0 Å². The fourth-order valence-corrected chi connectivity index (χ4v) is 2.25. The molecule has 10 heteroatoms. The van der Waals surface area contributed by atoms with Crippen LogP contribution in [0.25, 0.3) is 0 Å². The van der Waals surface area contributed by atoms with E-state index < -0.39 is 24.2 Å². The standard InChI is InChI=1S/C13H10Cl2F3N3O2/c1-20-9(4-8(14)11(20)15)12(23)19-7-2-3-10(22)21(5-7)6-13(16,17)18/h2-5H,6H2,1H3,(H,19,23). The number of aromatic nitrogens is 2. The third-order valence-corrected chi connectivity index (χ3v) is 3.78. The highest BCUT2D eigenvalue weighted by molar-refractivity contribution is 6.42. The van der Waals surface area contributed by atoms with Crippen molar-refractivity contribution in [3.8, 4) is 0 Å². The molecule has 1 N–H and O–H groups in total. The second-order valence-electron chi connectivity index (χ2n) is 4.68. The Bertz CT molecular complexity index is 812. The van der Waals surface area contributed by atoms with E-state index in [-0.39, 0.29) is 21.6 Å². The molecule has 0 aliphatic carbocycles. The predicted octanol–water partition coefficient (Wildman–Crippen LogP) is 3.31. The molecule has 23 heavy (non-hydrogen) atoms. The third-order valence-electron chi connectivity index (χ3n) is 2.94. The van der Waals surface area contributed by atoms with Gasteiger partial charge in [-0.2, -0.15) is 13.2 Å². The van der Waals surface area contributed by atoms with Crippen LogP contribution in [-0.4, -0.2) is 21.2 Å². The minimum atomic E-state index is -4.55. The normalized spacial score (nSPS) is 11.6. The van der Waals surface area contributed by atoms with Crippen LogP contribution >= 0.6 is 23.2 Å². The number of anilines is 1. The second kappa shape index (κ2) is 6.29. The average Bonchev–Trinajstić information content (AvgIpc) is 2.69. The zero-order chi connectivity index (χ0) is 17.4. The Morgan fingerprint density at radius 3 is 2.48 bits per heavy atom. The van der Waals surface area contributed by atoms with Crippen molar-refractivity contribution in [1.82, 2.24) is 9.13 Å². The summed E-state index contributed by atoms with van der Waals surface area (Å²) in [6.45, 7) is -1.45. The van der Waals surface area contributed by atoms with Crippen molar-refractivity contribution in [3.63, 3.8) is 0 Å². The molecule has 1 amide bonds. The fraction of sp³-hybridized carbons (Fsp3) is 0.231. The number of pyridine rings is 1. The van der Waals surface area contributed by atoms with Crippen LogP contribution in [0.4, 0.5) is 18.9 Å². The Balaban J connectivity index is 2.26. The van der Waals surface area contributed by atoms with Gasteiger partial charge in [0.15, 0.2) is 0 Å². The summed E-state index contributed by atoms with van der Waals surface area (Å²) in [6.07, 6.45) is -3.63. The number of hydrogen-bond donors (Lipinski definition) is 1. The number of nitrogens with one attached hydrogen (secondary N) is 1. The van der Waals surface area contributed by atoms with E-state index in [1.54, 1.807) is 0 Å². The largest absolute Gasteiger partial charge is 0.406 e. The molecule has 2 heterocycles. The van der Waals surface area contributed by atoms with Crippen molar-refractivity contribution in [3.05, 3.63) is 50.6 Å². The molecule has 0 atom stereocenters. The lowest BCUT2D eigenvalue weighted by Crippen LogP contribution is -2.28. The Labute approximate surface area is 138 Å². The molecule has 0 aliphatic heterocycles. The Morgan fingerprint density at radius 1 is 1.30 bits per heavy atom. The van der Waals surface area contributed by atoms with Crippen molar-refractivity contribution in [1.29, 1.82) is 0 Å². The summed E-state index contributed by atoms with van der Waals surface area (Å²) in [5.41, 5.74) is -0.675. The SMILES string of the molecule is Cn1c(C(=O)Nc2ccc(=O)n(CC(F)(F)F)c2)cc(Cl)c1Cl. The van der Waals surface area contributed by atoms with Gasteiger partial charge in [0.2, 0.25) is 0 Å². The van der Waals surface area contributed by atoms with E-state index in [0.29, 0.717) is 4.57 Å². The van der Waals surface area contributed by atoms with Crippen LogP contribution in [0, 0.1) is 0 Å². The van der Waals surface area contributed by atoms with E-state index in [1.165, 1.54) is 23.7 Å². The number of amides is 1. The molecule has 2 rings (SSSR count). The van der Waals surface area contributed by atoms with Crippen molar-refractivity contribution in [2.24, 2.45) is 7.05 Å². The quantitative estimate of drug-likeness (QED) is 0.904. The molecular weight excluding hydrogens is 358 g/mol. The van der Waals surface area contributed by atoms with Crippen molar-refractivity contribution < 1.29 is 18.0 Å². The molecule has 5 nitrogen and oxygen atoms in total. The first-order valence-electron chi connectivity index (χ1n) is 6.18. The van der Waals surface area contributed by atoms with E-state index in [1.807, 2.05) is 0 Å². The van der Waals surface area contributed by atoms with E-state index in [9.17, 15) is 22.8 Å². The Hall–Kier alpha value is -1.93. The summed E-state index contributed by atoms with van der Waals surface area (Å²) in [5.74, 6) is -0.626. The lowest BCUT2D eigenvalue weighted by Gasteiger charge is -2.11. The second-order valence-corrected chi connectivity index (χ2v) is 5.45. The van der Waals surface area contributed by atoms with Crippen LogP contribution < -0.4 is 10.9 Å². The number of rotatable bonds is 3. The molecule has 0 saturated heterocycles. The summed E-state index contributed by atoms with van der Waals surface area (Å²) < 4.78 is 39.0. The summed E-state index contributed by atoms with van der Waals surface area (Å²) in [5, 5.41) is 2.71. The zero-order valence-electron chi connectivity index (χ0n) is 11.6. The Kier molecular flexibility index (Phi) is 4.76. The van der Waals surface area contributed by atoms with Gasteiger partial charge in [0.05, 0.1) is 10.7 Å². The van der Waals surface area contributed by atoms with Gasteiger partial charge in [-0.1, -0.05) is 23.2 Å². The molecule has 0 aromatic carbocycles. The number of carbonyl (C=O) groups is 1. The first-order valence-corrected chi connectivity index (χ1v) is 6.93. The van der Waals surface area contributed by atoms with Crippen molar-refractivity contribution in [2.75, 3.05) is 5.32 Å². The molecule has 0 bridgehead atoms. The molecule has 0 saturated carbocycles. The minimum Gasteiger partial charge on any atom is -0.329 e. The Morgan fingerprint density at radius 2 is 1.96 bits per heavy atom. The highest BCUT2D eigenvalue weighted by atomic mass is 35.5. The highest BCUT2D eigenvalue weighted by Crippen LogP contribution is 2.25. The molecule has 0 aliphatic rings. The van der Waals surface area contributed by atoms with Gasteiger partial charge < -0.3 is 14.5 Å². The van der Waals surface area contributed by atoms with Crippen molar-refractivity contribution >= 4 is 34.8 Å². The van der Waals surface area contributed by atoms with E-state index in [2.05, 4.69) is 5.32 Å². The van der Waals surface area contributed by atoms with Crippen LogP contribution in [0.5, 0.6) is 0 Å². The molecule has 124 valence electrons. The van der Waals surface area contributed by atoms with Gasteiger partial charge in [-0.15, -0.1) is 0 Å². The number of hydrogen-bond acceptors (Lipinski definition) is 2. The molecule has 0 radical (unpaired) electrons. The number of alkyl halides is 3. The van der Waals surface area contributed by atoms with Crippen LogP contribution in [0.3, 0.4) is 0 Å². The third kappa shape index (κ3) is 4.08. The van der Waals surface area contributed by atoms with Gasteiger partial charge in [0, 0.05) is 19.3 Å². The number of nitrogens with zero attached hydrogens (tertiary/aromatic N) is 2. The summed E-state index contributed by atoms with van der Waals surface area (Å²) in [7, 11) is 1.51. The smallest absolute Gasteiger partial charge is 0.329 e. The molecule has 2 aromatic heterocycles. The van der Waals surface area contributed by atoms with Crippen LogP contribution in [0.2, 0.25) is 10.2 Å². The van der Waals surface area contributed by atoms with Gasteiger partial charge in [0.25, 0.3) is 11.5 Å². The van der Waals surface area contributed by atoms with E-state index in [4.69, 9.17) is 23.2 Å². The first kappa shape index (κ1) is 17.4. The van der Waals surface area contributed by atoms with Gasteiger partial charge in [-0.05, 0) is 12.1 Å². The maximum absolute atomic E-state index is 12.4. The summed E-state index contributed by atoms with van der Waals surface area (Å²) in [4.78, 5) is 23.5. The summed E-state index contributed by atoms with van der Waals surface area (Å²) in [6, 6.07) is 3.47. The van der Waals surface area contributed by atoms with Crippen LogP contribution in [0.1, 0.15) is 10.5 Å². The first-order chi connectivity index (χ1) is 10.6. The maximum atomic E-state index is 12.4. The lowest BCUT2D eigenvalue weighted by molar-refractivity contribution is -0.141. The lowest BCUT2D eigenvalue weighted by atomic mass is 10.3. The minimum absolute atomic E-state index is 0.0345. The maximum Gasteiger partial charge on any atom is 0.406 e. The molecule has 0 spiro atoms. The topological polar surface area (TPSA) is 56.0 Å². The highest BCUT2D eigenvalue weighted by Gasteiger charge is 2.28. The van der Waals surface area contributed by atoms with Crippen LogP contribution in [-0.2, 0) is 13.6 Å². The van der Waals surface area contributed by atoms with Gasteiger partial charge >= 0.3 is 6.18 Å². The molecule has 0 fully saturated rings. The fourth-order valence-electron chi connectivity index (χ4n) is 1.88.